The molecule has 1 aliphatic rings. The van der Waals surface area contributed by atoms with Crippen molar-refractivity contribution in [3.63, 3.8) is 0 Å². The van der Waals surface area contributed by atoms with E-state index in [1.54, 1.807) is 37.3 Å². The van der Waals surface area contributed by atoms with E-state index in [0.29, 0.717) is 22.8 Å². The molecule has 9 nitrogen and oxygen atoms in total. The minimum Gasteiger partial charge on any atom is -0.494 e. The minimum atomic E-state index is -0.538. The van der Waals surface area contributed by atoms with Gasteiger partial charge in [0, 0.05) is 13.0 Å². The highest BCUT2D eigenvalue weighted by Crippen LogP contribution is 2.35. The Morgan fingerprint density at radius 2 is 1.90 bits per heavy atom. The van der Waals surface area contributed by atoms with Gasteiger partial charge in [0.05, 0.1) is 23.8 Å². The third kappa shape index (κ3) is 4.13. The quantitative estimate of drug-likeness (QED) is 0.252. The standard InChI is InChI=1S/C20H17N3O6/c1-12-21-17(10-14-4-7-16(8-5-14)29-13(2)24)20(25)22(12)18-9-6-15(23(26)27)11-19(18)28-3/h4-11H,1-3H3/b17-10-. The first-order valence-corrected chi connectivity index (χ1v) is 8.52. The molecule has 0 unspecified atom stereocenters. The Balaban J connectivity index is 1.90. The summed E-state index contributed by atoms with van der Waals surface area (Å²) in [6.07, 6.45) is 1.60. The van der Waals surface area contributed by atoms with E-state index in [2.05, 4.69) is 4.99 Å². The average molecular weight is 395 g/mol. The number of carbonyl (C=O) groups is 2. The van der Waals surface area contributed by atoms with Crippen LogP contribution in [0.25, 0.3) is 6.08 Å². The number of aliphatic imine (C=N–C) groups is 1. The monoisotopic (exact) mass is 395 g/mol. The molecule has 0 saturated heterocycles. The summed E-state index contributed by atoms with van der Waals surface area (Å²) in [6.45, 7) is 2.97. The van der Waals surface area contributed by atoms with E-state index < -0.39 is 16.8 Å². The van der Waals surface area contributed by atoms with E-state index in [-0.39, 0.29) is 17.1 Å². The van der Waals surface area contributed by atoms with Crippen LogP contribution in [0.1, 0.15) is 19.4 Å². The van der Waals surface area contributed by atoms with Crippen LogP contribution in [0.4, 0.5) is 11.4 Å². The van der Waals surface area contributed by atoms with Crippen LogP contribution in [0.5, 0.6) is 11.5 Å². The highest BCUT2D eigenvalue weighted by atomic mass is 16.6. The van der Waals surface area contributed by atoms with Crippen LogP contribution in [0.3, 0.4) is 0 Å². The number of hydrogen-bond acceptors (Lipinski definition) is 7. The first kappa shape index (κ1) is 19.7. The lowest BCUT2D eigenvalue weighted by Gasteiger charge is -2.18. The van der Waals surface area contributed by atoms with E-state index in [4.69, 9.17) is 9.47 Å². The van der Waals surface area contributed by atoms with Gasteiger partial charge < -0.3 is 9.47 Å². The molecule has 0 fully saturated rings. The second-order valence-corrected chi connectivity index (χ2v) is 6.11. The van der Waals surface area contributed by atoms with Crippen LogP contribution in [0.2, 0.25) is 0 Å². The van der Waals surface area contributed by atoms with Gasteiger partial charge in [0.25, 0.3) is 11.6 Å². The average Bonchev–Trinajstić information content (AvgIpc) is 2.95. The lowest BCUT2D eigenvalue weighted by atomic mass is 10.1. The molecule has 0 spiro atoms. The molecule has 0 aromatic heterocycles. The summed E-state index contributed by atoms with van der Waals surface area (Å²) >= 11 is 0. The Kier molecular flexibility index (Phi) is 5.40. The molecule has 1 aliphatic heterocycles. The van der Waals surface area contributed by atoms with Crippen molar-refractivity contribution in [3.8, 4) is 11.5 Å². The number of anilines is 1. The maximum atomic E-state index is 12.9. The normalized spacial score (nSPS) is 14.7. The number of nitro benzene ring substituents is 1. The second kappa shape index (κ2) is 7.93. The summed E-state index contributed by atoms with van der Waals surface area (Å²) in [7, 11) is 1.37. The van der Waals surface area contributed by atoms with Crippen molar-refractivity contribution in [3.05, 3.63) is 63.8 Å². The summed E-state index contributed by atoms with van der Waals surface area (Å²) in [5.41, 5.74) is 1.11. The zero-order chi connectivity index (χ0) is 21.1. The lowest BCUT2D eigenvalue weighted by Crippen LogP contribution is -2.30. The van der Waals surface area contributed by atoms with Gasteiger partial charge in [0.15, 0.2) is 0 Å². The van der Waals surface area contributed by atoms with Gasteiger partial charge in [-0.3, -0.25) is 24.6 Å². The predicted octanol–water partition coefficient (Wildman–Crippen LogP) is 3.33. The molecule has 2 aromatic carbocycles. The number of ether oxygens (including phenoxy) is 2. The van der Waals surface area contributed by atoms with Gasteiger partial charge in [-0.1, -0.05) is 12.1 Å². The Hall–Kier alpha value is -4.01. The Bertz CT molecular complexity index is 1060. The fraction of sp³-hybridized carbons (Fsp3) is 0.150. The molecule has 0 saturated carbocycles. The highest BCUT2D eigenvalue weighted by Gasteiger charge is 2.31. The molecule has 1 amide bonds. The number of carbonyl (C=O) groups excluding carboxylic acids is 2. The molecule has 1 heterocycles. The number of benzene rings is 2. The second-order valence-electron chi connectivity index (χ2n) is 6.11. The fourth-order valence-corrected chi connectivity index (χ4v) is 2.83. The number of hydrogen-bond donors (Lipinski definition) is 0. The highest BCUT2D eigenvalue weighted by molar-refractivity contribution is 6.28. The van der Waals surface area contributed by atoms with Crippen LogP contribution in [-0.2, 0) is 9.59 Å². The van der Waals surface area contributed by atoms with Gasteiger partial charge in [-0.2, -0.15) is 0 Å². The summed E-state index contributed by atoms with van der Waals surface area (Å²) in [5, 5.41) is 11.0. The number of rotatable bonds is 5. The zero-order valence-corrected chi connectivity index (χ0v) is 15.9. The van der Waals surface area contributed by atoms with Crippen LogP contribution in [-0.4, -0.2) is 29.7 Å². The van der Waals surface area contributed by atoms with E-state index in [1.807, 2.05) is 0 Å². The number of nitro groups is 1. The van der Waals surface area contributed by atoms with Gasteiger partial charge in [-0.15, -0.1) is 0 Å². The van der Waals surface area contributed by atoms with Gasteiger partial charge in [-0.25, -0.2) is 4.99 Å². The summed E-state index contributed by atoms with van der Waals surface area (Å²) in [4.78, 5) is 40.0. The summed E-state index contributed by atoms with van der Waals surface area (Å²) < 4.78 is 10.2. The molecule has 0 N–H and O–H groups in total. The molecule has 9 heteroatoms. The Morgan fingerprint density at radius 1 is 1.21 bits per heavy atom. The third-order valence-electron chi connectivity index (χ3n) is 4.09. The van der Waals surface area contributed by atoms with Crippen molar-refractivity contribution < 1.29 is 24.0 Å². The Labute approximate surface area is 166 Å². The number of amidine groups is 1. The number of methoxy groups -OCH3 is 1. The Morgan fingerprint density at radius 3 is 2.48 bits per heavy atom. The molecule has 3 rings (SSSR count). The van der Waals surface area contributed by atoms with Crippen molar-refractivity contribution >= 4 is 35.2 Å². The smallest absolute Gasteiger partial charge is 0.308 e. The van der Waals surface area contributed by atoms with Gasteiger partial charge in [0.1, 0.15) is 23.0 Å². The van der Waals surface area contributed by atoms with Crippen molar-refractivity contribution in [1.29, 1.82) is 0 Å². The first-order chi connectivity index (χ1) is 13.8. The maximum Gasteiger partial charge on any atom is 0.308 e. The van der Waals surface area contributed by atoms with Crippen molar-refractivity contribution in [2.75, 3.05) is 12.0 Å². The van der Waals surface area contributed by atoms with Crippen LogP contribution in [0.15, 0.2) is 53.2 Å². The topological polar surface area (TPSA) is 111 Å². The van der Waals surface area contributed by atoms with E-state index in [1.165, 1.54) is 37.1 Å². The first-order valence-electron chi connectivity index (χ1n) is 8.52. The molecule has 2 aromatic rings. The van der Waals surface area contributed by atoms with Crippen LogP contribution < -0.4 is 14.4 Å². The summed E-state index contributed by atoms with van der Waals surface area (Å²) in [6, 6.07) is 10.6. The fourth-order valence-electron chi connectivity index (χ4n) is 2.83. The third-order valence-corrected chi connectivity index (χ3v) is 4.09. The van der Waals surface area contributed by atoms with Crippen molar-refractivity contribution in [2.24, 2.45) is 4.99 Å². The molecule has 0 bridgehead atoms. The van der Waals surface area contributed by atoms with Crippen molar-refractivity contribution in [1.82, 2.24) is 0 Å². The maximum absolute atomic E-state index is 12.9. The molecule has 148 valence electrons. The molecule has 0 atom stereocenters. The number of esters is 1. The molecular weight excluding hydrogens is 378 g/mol. The molecular formula is C20H17N3O6. The predicted molar refractivity (Wildman–Crippen MR) is 106 cm³/mol. The van der Waals surface area contributed by atoms with Crippen molar-refractivity contribution in [2.45, 2.75) is 13.8 Å². The van der Waals surface area contributed by atoms with Gasteiger partial charge >= 0.3 is 5.97 Å². The van der Waals surface area contributed by atoms with E-state index in [9.17, 15) is 19.7 Å². The number of non-ortho nitro benzene ring substituents is 1. The van der Waals surface area contributed by atoms with E-state index >= 15 is 0 Å². The zero-order valence-electron chi connectivity index (χ0n) is 15.9. The number of nitrogens with zero attached hydrogens (tertiary/aromatic N) is 3. The minimum absolute atomic E-state index is 0.143. The molecule has 0 aliphatic carbocycles. The van der Waals surface area contributed by atoms with E-state index in [0.717, 1.165) is 0 Å². The lowest BCUT2D eigenvalue weighted by molar-refractivity contribution is -0.384. The summed E-state index contributed by atoms with van der Waals surface area (Å²) in [5.74, 6) is 0.182. The SMILES string of the molecule is COc1cc([N+](=O)[O-])ccc1N1C(=O)/C(=C/c2ccc(OC(C)=O)cc2)N=C1C. The van der Waals surface area contributed by atoms with Gasteiger partial charge in [-0.05, 0) is 36.8 Å². The largest absolute Gasteiger partial charge is 0.494 e. The molecule has 0 radical (unpaired) electrons. The van der Waals surface area contributed by atoms with Crippen LogP contribution >= 0.6 is 0 Å². The van der Waals surface area contributed by atoms with Crippen LogP contribution in [0, 0.1) is 10.1 Å². The van der Waals surface area contributed by atoms with Gasteiger partial charge in [0.2, 0.25) is 0 Å². The number of amides is 1. The molecule has 29 heavy (non-hydrogen) atoms.